The highest BCUT2D eigenvalue weighted by Gasteiger charge is 2.27. The Hall–Kier alpha value is -1.43. The molecule has 0 unspecified atom stereocenters. The third-order valence-corrected chi connectivity index (χ3v) is 2.41. The van der Waals surface area contributed by atoms with Crippen molar-refractivity contribution in [3.8, 4) is 6.07 Å². The van der Waals surface area contributed by atoms with E-state index in [9.17, 15) is 0 Å². The van der Waals surface area contributed by atoms with Crippen molar-refractivity contribution in [1.29, 1.82) is 5.26 Å². The predicted molar refractivity (Wildman–Crippen MR) is 52.8 cm³/mol. The molecule has 1 aromatic heterocycles. The van der Waals surface area contributed by atoms with Gasteiger partial charge in [0.25, 0.3) is 0 Å². The minimum Gasteiger partial charge on any atom is -0.237 e. The molecule has 0 spiro atoms. The Labute approximate surface area is 83.8 Å². The summed E-state index contributed by atoms with van der Waals surface area (Å²) in [7, 11) is 0. The fourth-order valence-corrected chi connectivity index (χ4v) is 1.36. The van der Waals surface area contributed by atoms with Crippen LogP contribution in [0.4, 0.5) is 0 Å². The maximum Gasteiger partial charge on any atom is 0.144 e. The lowest BCUT2D eigenvalue weighted by atomic mass is 10.1. The predicted octanol–water partition coefficient (Wildman–Crippen LogP) is 2.35. The molecule has 0 radical (unpaired) electrons. The number of rotatable bonds is 2. The Morgan fingerprint density at radius 1 is 1.43 bits per heavy atom. The van der Waals surface area contributed by atoms with Gasteiger partial charge in [0.2, 0.25) is 0 Å². The van der Waals surface area contributed by atoms with Crippen molar-refractivity contribution in [3.63, 3.8) is 0 Å². The van der Waals surface area contributed by atoms with Gasteiger partial charge in [-0.3, -0.25) is 0 Å². The highest BCUT2D eigenvalue weighted by molar-refractivity contribution is 5.26. The quantitative estimate of drug-likeness (QED) is 0.714. The molecule has 0 N–H and O–H groups in total. The van der Waals surface area contributed by atoms with Crippen LogP contribution >= 0.6 is 0 Å². The molecule has 72 valence electrons. The summed E-state index contributed by atoms with van der Waals surface area (Å²) in [5.41, 5.74) is 1.49. The monoisotopic (exact) mass is 187 g/mol. The number of nitrogens with zero attached hydrogens (tertiary/aromatic N) is 3. The van der Waals surface area contributed by atoms with Crippen molar-refractivity contribution in [2.75, 3.05) is 0 Å². The first kappa shape index (κ1) is 9.14. The van der Waals surface area contributed by atoms with E-state index in [0.29, 0.717) is 17.5 Å². The molecule has 3 heteroatoms. The molecule has 0 aliphatic heterocycles. The molecule has 1 aliphatic rings. The topological polar surface area (TPSA) is 49.6 Å². The van der Waals surface area contributed by atoms with Crippen LogP contribution in [0.3, 0.4) is 0 Å². The Balaban J connectivity index is 2.42. The van der Waals surface area contributed by atoms with E-state index >= 15 is 0 Å². The second-order valence-corrected chi connectivity index (χ2v) is 4.08. The molecular weight excluding hydrogens is 174 g/mol. The zero-order valence-electron chi connectivity index (χ0n) is 8.49. The highest BCUT2D eigenvalue weighted by atomic mass is 14.9. The van der Waals surface area contributed by atoms with Crippen molar-refractivity contribution in [2.45, 2.75) is 38.5 Å². The van der Waals surface area contributed by atoms with Crippen LogP contribution < -0.4 is 0 Å². The Morgan fingerprint density at radius 2 is 2.14 bits per heavy atom. The van der Waals surface area contributed by atoms with E-state index < -0.39 is 0 Å². The molecule has 0 amide bonds. The molecule has 1 aliphatic carbocycles. The van der Waals surface area contributed by atoms with Crippen LogP contribution in [-0.2, 0) is 0 Å². The lowest BCUT2D eigenvalue weighted by Gasteiger charge is -2.06. The standard InChI is InChI=1S/C11H13N3/c1-7(2)10-5-9(6-12)13-11(14-10)8-3-4-8/h5,7-8H,3-4H2,1-2H3. The van der Waals surface area contributed by atoms with E-state index in [2.05, 4.69) is 29.9 Å². The second-order valence-electron chi connectivity index (χ2n) is 4.08. The summed E-state index contributed by atoms with van der Waals surface area (Å²) < 4.78 is 0. The van der Waals surface area contributed by atoms with Crippen molar-refractivity contribution >= 4 is 0 Å². The van der Waals surface area contributed by atoms with Crippen LogP contribution in [0.5, 0.6) is 0 Å². The Morgan fingerprint density at radius 3 is 2.64 bits per heavy atom. The fraction of sp³-hybridized carbons (Fsp3) is 0.545. The number of aromatic nitrogens is 2. The maximum absolute atomic E-state index is 8.83. The largest absolute Gasteiger partial charge is 0.237 e. The molecule has 3 nitrogen and oxygen atoms in total. The van der Waals surface area contributed by atoms with Crippen molar-refractivity contribution in [3.05, 3.63) is 23.3 Å². The number of hydrogen-bond acceptors (Lipinski definition) is 3. The lowest BCUT2D eigenvalue weighted by Crippen LogP contribution is -2.02. The summed E-state index contributed by atoms with van der Waals surface area (Å²) in [4.78, 5) is 8.70. The summed E-state index contributed by atoms with van der Waals surface area (Å²) >= 11 is 0. The van der Waals surface area contributed by atoms with Gasteiger partial charge in [0.05, 0.1) is 0 Å². The molecule has 1 saturated carbocycles. The van der Waals surface area contributed by atoms with E-state index in [1.165, 1.54) is 12.8 Å². The smallest absolute Gasteiger partial charge is 0.144 e. The van der Waals surface area contributed by atoms with Gasteiger partial charge in [-0.25, -0.2) is 9.97 Å². The lowest BCUT2D eigenvalue weighted by molar-refractivity contribution is 0.780. The van der Waals surface area contributed by atoms with Crippen LogP contribution in [0, 0.1) is 11.3 Å². The van der Waals surface area contributed by atoms with Crippen molar-refractivity contribution in [2.24, 2.45) is 0 Å². The van der Waals surface area contributed by atoms with Gasteiger partial charge in [-0.15, -0.1) is 0 Å². The third-order valence-electron chi connectivity index (χ3n) is 2.41. The zero-order valence-corrected chi connectivity index (χ0v) is 8.49. The maximum atomic E-state index is 8.83. The van der Waals surface area contributed by atoms with Crippen LogP contribution in [0.1, 0.15) is 55.7 Å². The van der Waals surface area contributed by atoms with Gasteiger partial charge in [0, 0.05) is 11.6 Å². The minimum atomic E-state index is 0.364. The van der Waals surface area contributed by atoms with Gasteiger partial charge >= 0.3 is 0 Å². The Bertz CT molecular complexity index is 366. The second kappa shape index (κ2) is 3.38. The van der Waals surface area contributed by atoms with Crippen LogP contribution in [0.15, 0.2) is 6.07 Å². The first-order valence-corrected chi connectivity index (χ1v) is 4.99. The summed E-state index contributed by atoms with van der Waals surface area (Å²) in [6.07, 6.45) is 2.35. The van der Waals surface area contributed by atoms with Gasteiger partial charge in [0.1, 0.15) is 17.6 Å². The van der Waals surface area contributed by atoms with Gasteiger partial charge < -0.3 is 0 Å². The summed E-state index contributed by atoms with van der Waals surface area (Å²) in [6.45, 7) is 4.17. The minimum absolute atomic E-state index is 0.364. The number of hydrogen-bond donors (Lipinski definition) is 0. The van der Waals surface area contributed by atoms with Gasteiger partial charge in [-0.2, -0.15) is 5.26 Å². The average Bonchev–Trinajstić information content (AvgIpc) is 3.00. The van der Waals surface area contributed by atoms with Crippen LogP contribution in [-0.4, -0.2) is 9.97 Å². The van der Waals surface area contributed by atoms with E-state index in [1.807, 2.05) is 0 Å². The summed E-state index contributed by atoms with van der Waals surface area (Å²) in [6, 6.07) is 3.88. The van der Waals surface area contributed by atoms with Gasteiger partial charge in [0.15, 0.2) is 0 Å². The SMILES string of the molecule is CC(C)c1cc(C#N)nc(C2CC2)n1. The zero-order chi connectivity index (χ0) is 10.1. The van der Waals surface area contributed by atoms with Crippen LogP contribution in [0.2, 0.25) is 0 Å². The molecule has 1 fully saturated rings. The van der Waals surface area contributed by atoms with Gasteiger partial charge in [-0.1, -0.05) is 13.8 Å². The molecule has 0 aromatic carbocycles. The molecule has 1 aromatic rings. The molecule has 0 atom stereocenters. The van der Waals surface area contributed by atoms with E-state index in [0.717, 1.165) is 11.5 Å². The first-order chi connectivity index (χ1) is 6.70. The molecule has 2 rings (SSSR count). The molecule has 14 heavy (non-hydrogen) atoms. The normalized spacial score (nSPS) is 15.6. The molecular formula is C11H13N3. The van der Waals surface area contributed by atoms with Crippen molar-refractivity contribution < 1.29 is 0 Å². The molecule has 0 saturated heterocycles. The molecule has 1 heterocycles. The summed E-state index contributed by atoms with van der Waals surface area (Å²) in [5, 5.41) is 8.83. The number of nitriles is 1. The van der Waals surface area contributed by atoms with E-state index in [-0.39, 0.29) is 0 Å². The average molecular weight is 187 g/mol. The molecule has 0 bridgehead atoms. The first-order valence-electron chi connectivity index (χ1n) is 4.99. The van der Waals surface area contributed by atoms with Crippen LogP contribution in [0.25, 0.3) is 0 Å². The fourth-order valence-electron chi connectivity index (χ4n) is 1.36. The Kier molecular flexibility index (Phi) is 2.20. The third kappa shape index (κ3) is 1.74. The highest BCUT2D eigenvalue weighted by Crippen LogP contribution is 2.38. The van der Waals surface area contributed by atoms with E-state index in [4.69, 9.17) is 5.26 Å². The van der Waals surface area contributed by atoms with Gasteiger partial charge in [-0.05, 0) is 24.8 Å². The van der Waals surface area contributed by atoms with E-state index in [1.54, 1.807) is 6.07 Å². The van der Waals surface area contributed by atoms with Crippen molar-refractivity contribution in [1.82, 2.24) is 9.97 Å². The summed E-state index contributed by atoms with van der Waals surface area (Å²) in [5.74, 6) is 1.75.